The van der Waals surface area contributed by atoms with Gasteiger partial charge in [0.15, 0.2) is 0 Å². The Morgan fingerprint density at radius 3 is 2.44 bits per heavy atom. The number of aromatic nitrogens is 1. The highest BCUT2D eigenvalue weighted by Crippen LogP contribution is 2.44. The fraction of sp³-hybridized carbons (Fsp3) is 0.214. The number of hydrogen-bond donors (Lipinski definition) is 1. The minimum Gasteiger partial charge on any atom is -0.325 e. The molecule has 1 aliphatic rings. The van der Waals surface area contributed by atoms with E-state index >= 15 is 0 Å². The standard InChI is InChI=1S/C14H13NO/c1-8(2)12-7-11-9-5-3-4-6-10(9)13(11)14(16)15-12/h3-8H,1-2H3,(H,15,16). The average molecular weight is 211 g/mol. The molecule has 2 heteroatoms. The van der Waals surface area contributed by atoms with E-state index in [0.717, 1.165) is 22.4 Å². The van der Waals surface area contributed by atoms with E-state index < -0.39 is 0 Å². The second-order valence-electron chi connectivity index (χ2n) is 4.54. The maximum atomic E-state index is 11.9. The van der Waals surface area contributed by atoms with Gasteiger partial charge in [0.1, 0.15) is 0 Å². The van der Waals surface area contributed by atoms with Crippen molar-refractivity contribution < 1.29 is 0 Å². The Morgan fingerprint density at radius 2 is 1.75 bits per heavy atom. The van der Waals surface area contributed by atoms with Crippen molar-refractivity contribution in [2.24, 2.45) is 0 Å². The molecule has 0 fully saturated rings. The molecule has 0 amide bonds. The lowest BCUT2D eigenvalue weighted by atomic mass is 9.81. The average Bonchev–Trinajstić information content (AvgIpc) is 2.24. The van der Waals surface area contributed by atoms with Gasteiger partial charge in [0.05, 0.1) is 5.56 Å². The van der Waals surface area contributed by atoms with Crippen molar-refractivity contribution in [2.75, 3.05) is 0 Å². The molecule has 0 aliphatic heterocycles. The van der Waals surface area contributed by atoms with Crippen molar-refractivity contribution in [3.63, 3.8) is 0 Å². The third kappa shape index (κ3) is 1.10. The van der Waals surface area contributed by atoms with Gasteiger partial charge in [-0.15, -0.1) is 0 Å². The smallest absolute Gasteiger partial charge is 0.256 e. The zero-order chi connectivity index (χ0) is 11.3. The Balaban J connectivity index is 2.26. The molecular formula is C14H13NO. The quantitative estimate of drug-likeness (QED) is 0.659. The van der Waals surface area contributed by atoms with Crippen molar-refractivity contribution in [3.05, 3.63) is 46.4 Å². The summed E-state index contributed by atoms with van der Waals surface area (Å²) in [5.41, 5.74) is 5.28. The first-order valence-corrected chi connectivity index (χ1v) is 5.55. The highest BCUT2D eigenvalue weighted by molar-refractivity contribution is 6.01. The minimum absolute atomic E-state index is 0.0416. The summed E-state index contributed by atoms with van der Waals surface area (Å²) in [6.07, 6.45) is 0. The normalized spacial score (nSPS) is 11.9. The summed E-state index contributed by atoms with van der Waals surface area (Å²) in [6.45, 7) is 4.17. The fourth-order valence-electron chi connectivity index (χ4n) is 2.24. The van der Waals surface area contributed by atoms with Crippen LogP contribution in [-0.2, 0) is 0 Å². The minimum atomic E-state index is 0.0416. The monoisotopic (exact) mass is 211 g/mol. The van der Waals surface area contributed by atoms with Gasteiger partial charge < -0.3 is 4.98 Å². The molecule has 0 bridgehead atoms. The van der Waals surface area contributed by atoms with Crippen LogP contribution in [0.15, 0.2) is 35.1 Å². The molecule has 0 radical (unpaired) electrons. The van der Waals surface area contributed by atoms with Crippen LogP contribution in [0.2, 0.25) is 0 Å². The summed E-state index contributed by atoms with van der Waals surface area (Å²) in [6, 6.07) is 10.2. The molecule has 0 saturated carbocycles. The van der Waals surface area contributed by atoms with Crippen LogP contribution in [0.4, 0.5) is 0 Å². The van der Waals surface area contributed by atoms with Crippen LogP contribution in [0.5, 0.6) is 0 Å². The van der Waals surface area contributed by atoms with Crippen LogP contribution in [0.1, 0.15) is 25.5 Å². The highest BCUT2D eigenvalue weighted by Gasteiger charge is 2.25. The summed E-state index contributed by atoms with van der Waals surface area (Å²) >= 11 is 0. The Labute approximate surface area is 94.0 Å². The molecule has 0 atom stereocenters. The first-order chi connectivity index (χ1) is 7.68. The number of hydrogen-bond acceptors (Lipinski definition) is 1. The van der Waals surface area contributed by atoms with Crippen LogP contribution < -0.4 is 5.56 Å². The van der Waals surface area contributed by atoms with E-state index in [1.807, 2.05) is 18.2 Å². The molecule has 0 spiro atoms. The molecule has 16 heavy (non-hydrogen) atoms. The van der Waals surface area contributed by atoms with Crippen LogP contribution in [0.3, 0.4) is 0 Å². The van der Waals surface area contributed by atoms with Gasteiger partial charge in [-0.05, 0) is 28.7 Å². The maximum absolute atomic E-state index is 11.9. The zero-order valence-electron chi connectivity index (χ0n) is 9.37. The van der Waals surface area contributed by atoms with E-state index in [0.29, 0.717) is 5.92 Å². The summed E-state index contributed by atoms with van der Waals surface area (Å²) < 4.78 is 0. The topological polar surface area (TPSA) is 32.9 Å². The van der Waals surface area contributed by atoms with Gasteiger partial charge in [-0.25, -0.2) is 0 Å². The zero-order valence-corrected chi connectivity index (χ0v) is 9.37. The first-order valence-electron chi connectivity index (χ1n) is 5.55. The van der Waals surface area contributed by atoms with Crippen LogP contribution >= 0.6 is 0 Å². The molecule has 2 aromatic rings. The number of rotatable bonds is 1. The van der Waals surface area contributed by atoms with E-state index in [1.54, 1.807) is 0 Å². The Morgan fingerprint density at radius 1 is 1.06 bits per heavy atom. The van der Waals surface area contributed by atoms with Crippen LogP contribution in [-0.4, -0.2) is 4.98 Å². The van der Waals surface area contributed by atoms with Crippen molar-refractivity contribution in [1.29, 1.82) is 0 Å². The lowest BCUT2D eigenvalue weighted by molar-refractivity contribution is 0.816. The summed E-state index contributed by atoms with van der Waals surface area (Å²) in [4.78, 5) is 14.9. The number of pyridine rings is 1. The van der Waals surface area contributed by atoms with E-state index in [2.05, 4.69) is 31.0 Å². The molecule has 0 unspecified atom stereocenters. The third-order valence-electron chi connectivity index (χ3n) is 3.16. The largest absolute Gasteiger partial charge is 0.325 e. The van der Waals surface area contributed by atoms with E-state index in [-0.39, 0.29) is 5.56 Å². The van der Waals surface area contributed by atoms with Gasteiger partial charge in [-0.2, -0.15) is 0 Å². The number of H-pyrrole nitrogens is 1. The first kappa shape index (κ1) is 9.40. The Kier molecular flexibility index (Phi) is 1.81. The van der Waals surface area contributed by atoms with Gasteiger partial charge in [0.25, 0.3) is 5.56 Å². The van der Waals surface area contributed by atoms with Gasteiger partial charge in [0.2, 0.25) is 0 Å². The van der Waals surface area contributed by atoms with Crippen molar-refractivity contribution >= 4 is 0 Å². The second-order valence-corrected chi connectivity index (χ2v) is 4.54. The lowest BCUT2D eigenvalue weighted by Crippen LogP contribution is -2.18. The van der Waals surface area contributed by atoms with Crippen LogP contribution in [0, 0.1) is 0 Å². The molecule has 1 aromatic carbocycles. The van der Waals surface area contributed by atoms with Crippen LogP contribution in [0.25, 0.3) is 22.3 Å². The number of nitrogens with one attached hydrogen (secondary N) is 1. The van der Waals surface area contributed by atoms with E-state index in [9.17, 15) is 4.79 Å². The second kappa shape index (κ2) is 3.08. The SMILES string of the molecule is CC(C)c1cc2c(c(=O)[nH]1)-c1ccccc1-2. The number of aromatic amines is 1. The number of fused-ring (bicyclic) bond motifs is 4. The lowest BCUT2D eigenvalue weighted by Gasteiger charge is -2.23. The van der Waals surface area contributed by atoms with Crippen molar-refractivity contribution in [2.45, 2.75) is 19.8 Å². The fourth-order valence-corrected chi connectivity index (χ4v) is 2.24. The third-order valence-corrected chi connectivity index (χ3v) is 3.16. The van der Waals surface area contributed by atoms with Gasteiger partial charge in [0, 0.05) is 5.69 Å². The summed E-state index contributed by atoms with van der Waals surface area (Å²) in [5, 5.41) is 0. The molecule has 2 nitrogen and oxygen atoms in total. The van der Waals surface area contributed by atoms with Gasteiger partial charge in [-0.3, -0.25) is 4.79 Å². The molecule has 1 heterocycles. The molecule has 1 aliphatic carbocycles. The molecule has 3 rings (SSSR count). The van der Waals surface area contributed by atoms with E-state index in [1.165, 1.54) is 5.56 Å². The Hall–Kier alpha value is -1.83. The molecular weight excluding hydrogens is 198 g/mol. The number of benzene rings is 1. The highest BCUT2D eigenvalue weighted by atomic mass is 16.1. The van der Waals surface area contributed by atoms with E-state index in [4.69, 9.17) is 0 Å². The predicted octanol–water partition coefficient (Wildman–Crippen LogP) is 3.15. The maximum Gasteiger partial charge on any atom is 0.256 e. The Bertz CT molecular complexity index is 623. The van der Waals surface area contributed by atoms with Crippen molar-refractivity contribution in [1.82, 2.24) is 4.98 Å². The van der Waals surface area contributed by atoms with Gasteiger partial charge >= 0.3 is 0 Å². The molecule has 1 N–H and O–H groups in total. The van der Waals surface area contributed by atoms with Crippen molar-refractivity contribution in [3.8, 4) is 22.3 Å². The summed E-state index contributed by atoms with van der Waals surface area (Å²) in [5.74, 6) is 0.353. The molecule has 0 saturated heterocycles. The molecule has 80 valence electrons. The summed E-state index contributed by atoms with van der Waals surface area (Å²) in [7, 11) is 0. The molecule has 1 aromatic heterocycles. The van der Waals surface area contributed by atoms with Gasteiger partial charge in [-0.1, -0.05) is 38.1 Å². The predicted molar refractivity (Wildman–Crippen MR) is 65.6 cm³/mol.